The Hall–Kier alpha value is -2.24. The summed E-state index contributed by atoms with van der Waals surface area (Å²) in [5.41, 5.74) is 0.901. The quantitative estimate of drug-likeness (QED) is 0.910. The van der Waals surface area contributed by atoms with E-state index in [1.165, 1.54) is 23.0 Å². The fourth-order valence-electron chi connectivity index (χ4n) is 1.65. The van der Waals surface area contributed by atoms with E-state index in [0.29, 0.717) is 18.2 Å². The summed E-state index contributed by atoms with van der Waals surface area (Å²) >= 11 is 0. The van der Waals surface area contributed by atoms with Gasteiger partial charge in [-0.05, 0) is 36.6 Å². The molecule has 1 aromatic heterocycles. The number of halogens is 1. The molecule has 1 aromatic carbocycles. The number of nitrogens with zero attached hydrogens (tertiary/aromatic N) is 3. The largest absolute Gasteiger partial charge is 0.351 e. The molecule has 0 fully saturated rings. The highest BCUT2D eigenvalue weighted by molar-refractivity contribution is 5.91. The molecule has 20 heavy (non-hydrogen) atoms. The summed E-state index contributed by atoms with van der Waals surface area (Å²) in [6.07, 6.45) is 2.44. The third kappa shape index (κ3) is 3.63. The molecule has 0 unspecified atom stereocenters. The molecule has 5 nitrogen and oxygen atoms in total. The summed E-state index contributed by atoms with van der Waals surface area (Å²) in [4.78, 5) is 11.8. The zero-order valence-electron chi connectivity index (χ0n) is 11.5. The van der Waals surface area contributed by atoms with Gasteiger partial charge in [-0.3, -0.25) is 4.79 Å². The molecular formula is C14H17FN4O. The average molecular weight is 276 g/mol. The second-order valence-corrected chi connectivity index (χ2v) is 4.96. The topological polar surface area (TPSA) is 59.8 Å². The number of hydrogen-bond acceptors (Lipinski definition) is 3. The lowest BCUT2D eigenvalue weighted by Gasteiger charge is -2.04. The molecule has 1 N–H and O–H groups in total. The van der Waals surface area contributed by atoms with Gasteiger partial charge in [0, 0.05) is 6.54 Å². The van der Waals surface area contributed by atoms with Crippen molar-refractivity contribution in [1.29, 1.82) is 0 Å². The molecule has 0 spiro atoms. The molecule has 2 aromatic rings. The molecule has 106 valence electrons. The summed E-state index contributed by atoms with van der Waals surface area (Å²) < 4.78 is 14.3. The first kappa shape index (κ1) is 14.2. The third-order valence-corrected chi connectivity index (χ3v) is 2.82. The van der Waals surface area contributed by atoms with Crippen molar-refractivity contribution in [2.24, 2.45) is 5.92 Å². The average Bonchev–Trinajstić information content (AvgIpc) is 2.88. The first-order valence-corrected chi connectivity index (χ1v) is 6.53. The standard InChI is InChI=1S/C14H17FN4O/c1-10(2)7-8-16-14(20)13-9-19(18-17-13)12-5-3-11(15)4-6-12/h3-6,9-10H,7-8H2,1-2H3,(H,16,20). The predicted octanol–water partition coefficient (Wildman–Crippen LogP) is 2.18. The van der Waals surface area contributed by atoms with Gasteiger partial charge < -0.3 is 5.32 Å². The van der Waals surface area contributed by atoms with Gasteiger partial charge in [-0.2, -0.15) is 0 Å². The molecule has 0 bridgehead atoms. The van der Waals surface area contributed by atoms with Crippen molar-refractivity contribution in [2.45, 2.75) is 20.3 Å². The van der Waals surface area contributed by atoms with E-state index in [4.69, 9.17) is 0 Å². The molecule has 6 heteroatoms. The third-order valence-electron chi connectivity index (χ3n) is 2.82. The van der Waals surface area contributed by atoms with E-state index in [2.05, 4.69) is 29.5 Å². The van der Waals surface area contributed by atoms with Crippen LogP contribution < -0.4 is 5.32 Å². The van der Waals surface area contributed by atoms with E-state index in [-0.39, 0.29) is 17.4 Å². The van der Waals surface area contributed by atoms with Crippen molar-refractivity contribution in [3.05, 3.63) is 42.0 Å². The minimum absolute atomic E-state index is 0.248. The van der Waals surface area contributed by atoms with Crippen LogP contribution in [0.25, 0.3) is 5.69 Å². The van der Waals surface area contributed by atoms with Crippen LogP contribution in [0.1, 0.15) is 30.8 Å². The fraction of sp³-hybridized carbons (Fsp3) is 0.357. The van der Waals surface area contributed by atoms with Gasteiger partial charge in [-0.1, -0.05) is 19.1 Å². The van der Waals surface area contributed by atoms with Crippen molar-refractivity contribution in [2.75, 3.05) is 6.54 Å². The van der Waals surface area contributed by atoms with Gasteiger partial charge in [-0.15, -0.1) is 5.10 Å². The second-order valence-electron chi connectivity index (χ2n) is 4.96. The molecule has 0 atom stereocenters. The molecular weight excluding hydrogens is 259 g/mol. The first-order chi connectivity index (χ1) is 9.56. The summed E-state index contributed by atoms with van der Waals surface area (Å²) in [5, 5.41) is 10.5. The predicted molar refractivity (Wildman–Crippen MR) is 73.1 cm³/mol. The highest BCUT2D eigenvalue weighted by atomic mass is 19.1. The number of carbonyl (C=O) groups is 1. The minimum atomic E-state index is -0.319. The summed E-state index contributed by atoms with van der Waals surface area (Å²) in [7, 11) is 0. The van der Waals surface area contributed by atoms with Gasteiger partial charge in [0.15, 0.2) is 5.69 Å². The van der Waals surface area contributed by atoms with Crippen LogP contribution in [0.15, 0.2) is 30.5 Å². The number of benzene rings is 1. The molecule has 1 heterocycles. The molecule has 0 saturated carbocycles. The van der Waals surface area contributed by atoms with Gasteiger partial charge in [-0.25, -0.2) is 9.07 Å². The lowest BCUT2D eigenvalue weighted by Crippen LogP contribution is -2.25. The Bertz CT molecular complexity index is 577. The highest BCUT2D eigenvalue weighted by Gasteiger charge is 2.11. The Morgan fingerprint density at radius 2 is 2.05 bits per heavy atom. The maximum Gasteiger partial charge on any atom is 0.273 e. The molecule has 0 radical (unpaired) electrons. The number of hydrogen-bond donors (Lipinski definition) is 1. The summed E-state index contributed by atoms with van der Waals surface area (Å²) in [5.74, 6) is -0.0373. The molecule has 0 aliphatic heterocycles. The molecule has 1 amide bonds. The zero-order valence-corrected chi connectivity index (χ0v) is 11.5. The van der Waals surface area contributed by atoms with Crippen LogP contribution in [-0.2, 0) is 0 Å². The summed E-state index contributed by atoms with van der Waals surface area (Å²) in [6, 6.07) is 5.81. The maximum absolute atomic E-state index is 12.8. The minimum Gasteiger partial charge on any atom is -0.351 e. The Morgan fingerprint density at radius 1 is 1.35 bits per heavy atom. The van der Waals surface area contributed by atoms with Crippen molar-refractivity contribution in [3.63, 3.8) is 0 Å². The molecule has 0 aliphatic carbocycles. The fourth-order valence-corrected chi connectivity index (χ4v) is 1.65. The van der Waals surface area contributed by atoms with E-state index in [0.717, 1.165) is 6.42 Å². The van der Waals surface area contributed by atoms with Gasteiger partial charge in [0.05, 0.1) is 11.9 Å². The van der Waals surface area contributed by atoms with Gasteiger partial charge in [0.1, 0.15) is 5.82 Å². The zero-order chi connectivity index (χ0) is 14.5. The van der Waals surface area contributed by atoms with Crippen LogP contribution in [0, 0.1) is 11.7 Å². The van der Waals surface area contributed by atoms with Crippen LogP contribution in [0.5, 0.6) is 0 Å². The molecule has 2 rings (SSSR count). The van der Waals surface area contributed by atoms with Crippen LogP contribution >= 0.6 is 0 Å². The number of nitrogens with one attached hydrogen (secondary N) is 1. The number of carbonyl (C=O) groups excluding carboxylic acids is 1. The smallest absolute Gasteiger partial charge is 0.273 e. The number of rotatable bonds is 5. The normalized spacial score (nSPS) is 10.8. The van der Waals surface area contributed by atoms with Crippen molar-refractivity contribution in [1.82, 2.24) is 20.3 Å². The molecule has 0 aliphatic rings. The SMILES string of the molecule is CC(C)CCNC(=O)c1cn(-c2ccc(F)cc2)nn1. The van der Waals surface area contributed by atoms with E-state index >= 15 is 0 Å². The van der Waals surface area contributed by atoms with E-state index in [1.54, 1.807) is 12.1 Å². The van der Waals surface area contributed by atoms with Crippen LogP contribution in [0.4, 0.5) is 4.39 Å². The van der Waals surface area contributed by atoms with Crippen LogP contribution in [0.2, 0.25) is 0 Å². The maximum atomic E-state index is 12.8. The summed E-state index contributed by atoms with van der Waals surface area (Å²) in [6.45, 7) is 4.80. The van der Waals surface area contributed by atoms with Crippen molar-refractivity contribution >= 4 is 5.91 Å². The Balaban J connectivity index is 2.01. The van der Waals surface area contributed by atoms with E-state index < -0.39 is 0 Å². The monoisotopic (exact) mass is 276 g/mol. The van der Waals surface area contributed by atoms with Crippen LogP contribution in [0.3, 0.4) is 0 Å². The van der Waals surface area contributed by atoms with Crippen molar-refractivity contribution < 1.29 is 9.18 Å². The number of aromatic nitrogens is 3. The Kier molecular flexibility index (Phi) is 4.45. The molecule has 0 saturated heterocycles. The number of amides is 1. The van der Waals surface area contributed by atoms with E-state index in [9.17, 15) is 9.18 Å². The van der Waals surface area contributed by atoms with Gasteiger partial charge >= 0.3 is 0 Å². The highest BCUT2D eigenvalue weighted by Crippen LogP contribution is 2.08. The lowest BCUT2D eigenvalue weighted by molar-refractivity contribution is 0.0947. The van der Waals surface area contributed by atoms with Crippen molar-refractivity contribution in [3.8, 4) is 5.69 Å². The lowest BCUT2D eigenvalue weighted by atomic mass is 10.1. The van der Waals surface area contributed by atoms with Gasteiger partial charge in [0.2, 0.25) is 0 Å². The van der Waals surface area contributed by atoms with Crippen LogP contribution in [-0.4, -0.2) is 27.4 Å². The Morgan fingerprint density at radius 3 is 2.70 bits per heavy atom. The Labute approximate surface area is 116 Å². The van der Waals surface area contributed by atoms with Gasteiger partial charge in [0.25, 0.3) is 5.91 Å². The first-order valence-electron chi connectivity index (χ1n) is 6.53. The second kappa shape index (κ2) is 6.27. The van der Waals surface area contributed by atoms with E-state index in [1.807, 2.05) is 0 Å².